The molecule has 5 heterocycles. The lowest BCUT2D eigenvalue weighted by molar-refractivity contribution is -0.130. The van der Waals surface area contributed by atoms with Gasteiger partial charge in [-0.2, -0.15) is 0 Å². The third-order valence-corrected chi connectivity index (χ3v) is 13.4. The quantitative estimate of drug-likeness (QED) is 0.0678. The Labute approximate surface area is 418 Å². The number of nitrogens with one attached hydrogen (secondary N) is 2. The Bertz CT molecular complexity index is 2960. The smallest absolute Gasteiger partial charge is 0.260 e. The summed E-state index contributed by atoms with van der Waals surface area (Å²) in [6.07, 6.45) is 11.4. The Balaban J connectivity index is 0.766. The number of Topliss-reactive ketones (excluding diaryl/α,β-unsaturated/α-hetero) is 1. The highest BCUT2D eigenvalue weighted by molar-refractivity contribution is 6.06. The van der Waals surface area contributed by atoms with Crippen LogP contribution in [0.1, 0.15) is 96.7 Å². The number of ketones is 1. The van der Waals surface area contributed by atoms with Crippen LogP contribution in [0.3, 0.4) is 0 Å². The molecule has 0 radical (unpaired) electrons. The van der Waals surface area contributed by atoms with Crippen molar-refractivity contribution in [1.29, 1.82) is 0 Å². The minimum absolute atomic E-state index is 0.0106. The van der Waals surface area contributed by atoms with Gasteiger partial charge >= 0.3 is 0 Å². The van der Waals surface area contributed by atoms with E-state index in [1.165, 1.54) is 7.11 Å². The van der Waals surface area contributed by atoms with E-state index in [9.17, 15) is 24.0 Å². The summed E-state index contributed by atoms with van der Waals surface area (Å²) in [4.78, 5) is 79.4. The molecular weight excluding hydrogens is 917 g/mol. The summed E-state index contributed by atoms with van der Waals surface area (Å²) >= 11 is 0. The Morgan fingerprint density at radius 3 is 2.06 bits per heavy atom. The van der Waals surface area contributed by atoms with Crippen molar-refractivity contribution in [2.24, 2.45) is 21.8 Å². The zero-order chi connectivity index (χ0) is 50.6. The van der Waals surface area contributed by atoms with Crippen LogP contribution in [0.4, 0.5) is 17.1 Å². The van der Waals surface area contributed by atoms with Gasteiger partial charge in [-0.1, -0.05) is 45.0 Å². The maximum Gasteiger partial charge on any atom is 0.260 e. The number of ether oxygens (including phenoxy) is 5. The van der Waals surface area contributed by atoms with Crippen molar-refractivity contribution >= 4 is 70.0 Å². The molecule has 72 heavy (non-hydrogen) atoms. The van der Waals surface area contributed by atoms with Crippen molar-refractivity contribution in [3.05, 3.63) is 120 Å². The molecule has 2 N–H and O–H groups in total. The molecule has 16 heteroatoms. The van der Waals surface area contributed by atoms with Gasteiger partial charge in [0.2, 0.25) is 18.6 Å². The second-order valence-electron chi connectivity index (χ2n) is 18.9. The number of hydrogen-bond donors (Lipinski definition) is 2. The van der Waals surface area contributed by atoms with Crippen molar-refractivity contribution in [3.8, 4) is 28.7 Å². The van der Waals surface area contributed by atoms with E-state index in [0.29, 0.717) is 95.8 Å². The first-order valence-electron chi connectivity index (χ1n) is 24.3. The number of nitrogens with zero attached hydrogens (tertiary/aromatic N) is 4. The molecule has 4 amide bonds. The summed E-state index contributed by atoms with van der Waals surface area (Å²) in [6.45, 7) is 11.8. The Kier molecular flexibility index (Phi) is 14.4. The number of carbonyl (C=O) groups is 5. The van der Waals surface area contributed by atoms with Crippen LogP contribution in [-0.4, -0.2) is 96.9 Å². The summed E-state index contributed by atoms with van der Waals surface area (Å²) < 4.78 is 29.1. The van der Waals surface area contributed by atoms with Gasteiger partial charge in [-0.25, -0.2) is 0 Å². The first-order chi connectivity index (χ1) is 34.8. The van der Waals surface area contributed by atoms with Crippen molar-refractivity contribution in [3.63, 3.8) is 0 Å². The van der Waals surface area contributed by atoms with Crippen LogP contribution in [0.25, 0.3) is 11.1 Å². The molecule has 0 unspecified atom stereocenters. The molecule has 0 saturated heterocycles. The van der Waals surface area contributed by atoms with E-state index in [0.717, 1.165) is 27.8 Å². The molecular formula is C56H58N6O10. The maximum atomic E-state index is 14.0. The minimum atomic E-state index is -0.676. The second kappa shape index (κ2) is 21.1. The number of methoxy groups -OCH3 is 1. The normalized spacial score (nSPS) is 17.9. The van der Waals surface area contributed by atoms with E-state index >= 15 is 0 Å². The fourth-order valence-corrected chi connectivity index (χ4v) is 9.33. The number of amides is 4. The number of anilines is 1. The van der Waals surface area contributed by atoms with E-state index in [2.05, 4.69) is 17.2 Å². The lowest BCUT2D eigenvalue weighted by Gasteiger charge is -2.22. The summed E-state index contributed by atoms with van der Waals surface area (Å²) in [5.74, 6) is 1.08. The van der Waals surface area contributed by atoms with Crippen LogP contribution in [0, 0.1) is 18.8 Å². The maximum absolute atomic E-state index is 14.0. The number of allylic oxidation sites excluding steroid dienone is 1. The van der Waals surface area contributed by atoms with Gasteiger partial charge in [0, 0.05) is 80.7 Å². The lowest BCUT2D eigenvalue weighted by atomic mass is 9.92. The molecule has 0 saturated carbocycles. The number of aryl methyl sites for hydroxylation is 1. The number of rotatable bonds is 19. The number of benzene rings is 4. The summed E-state index contributed by atoms with van der Waals surface area (Å²) in [5, 5.41) is 5.72. The average Bonchev–Trinajstić information content (AvgIpc) is 4.12. The van der Waals surface area contributed by atoms with E-state index in [1.807, 2.05) is 69.6 Å². The molecule has 4 aromatic carbocycles. The van der Waals surface area contributed by atoms with Gasteiger partial charge in [0.15, 0.2) is 28.8 Å². The van der Waals surface area contributed by atoms with Gasteiger partial charge in [0.05, 0.1) is 61.0 Å². The molecule has 5 aliphatic rings. The molecule has 5 aliphatic heterocycles. The predicted molar refractivity (Wildman–Crippen MR) is 274 cm³/mol. The zero-order valence-electron chi connectivity index (χ0n) is 41.1. The molecule has 0 fully saturated rings. The van der Waals surface area contributed by atoms with Crippen LogP contribution in [0.2, 0.25) is 0 Å². The van der Waals surface area contributed by atoms with E-state index in [-0.39, 0.29) is 67.0 Å². The number of hydrogen-bond acceptors (Lipinski definition) is 12. The average molecular weight is 975 g/mol. The molecule has 372 valence electrons. The van der Waals surface area contributed by atoms with E-state index < -0.39 is 12.0 Å². The van der Waals surface area contributed by atoms with Gasteiger partial charge in [-0.3, -0.25) is 34.0 Å². The van der Waals surface area contributed by atoms with Gasteiger partial charge < -0.3 is 44.1 Å². The second-order valence-corrected chi connectivity index (χ2v) is 18.9. The molecule has 4 aromatic rings. The number of aliphatic imine (C=N–C) groups is 2. The van der Waals surface area contributed by atoms with Gasteiger partial charge in [-0.15, -0.1) is 6.58 Å². The molecule has 0 aliphatic carbocycles. The van der Waals surface area contributed by atoms with Gasteiger partial charge in [-0.05, 0) is 83.5 Å². The minimum Gasteiger partial charge on any atom is -0.493 e. The molecule has 16 nitrogen and oxygen atoms in total. The Morgan fingerprint density at radius 1 is 0.792 bits per heavy atom. The molecule has 0 aromatic heterocycles. The van der Waals surface area contributed by atoms with E-state index in [1.54, 1.807) is 65.6 Å². The third-order valence-electron chi connectivity index (χ3n) is 13.4. The monoisotopic (exact) mass is 974 g/mol. The van der Waals surface area contributed by atoms with E-state index in [4.69, 9.17) is 33.7 Å². The lowest BCUT2D eigenvalue weighted by Crippen LogP contribution is -2.45. The highest BCUT2D eigenvalue weighted by Gasteiger charge is 2.36. The molecule has 0 bridgehead atoms. The van der Waals surface area contributed by atoms with Gasteiger partial charge in [0.25, 0.3) is 11.8 Å². The highest BCUT2D eigenvalue weighted by atomic mass is 16.7. The first kappa shape index (κ1) is 49.0. The number of carbonyl (C=O) groups excluding carboxylic acids is 5. The highest BCUT2D eigenvalue weighted by Crippen LogP contribution is 2.42. The summed E-state index contributed by atoms with van der Waals surface area (Å²) in [7, 11) is 1.53. The van der Waals surface area contributed by atoms with Crippen LogP contribution in [0.5, 0.6) is 28.7 Å². The summed E-state index contributed by atoms with van der Waals surface area (Å²) in [5.41, 5.74) is 7.07. The topological polar surface area (TPSA) is 187 Å². The van der Waals surface area contributed by atoms with Crippen LogP contribution < -0.4 is 34.3 Å². The Morgan fingerprint density at radius 2 is 1.40 bits per heavy atom. The van der Waals surface area contributed by atoms with Crippen molar-refractivity contribution in [2.75, 3.05) is 32.4 Å². The third kappa shape index (κ3) is 10.4. The summed E-state index contributed by atoms with van der Waals surface area (Å²) in [6, 6.07) is 19.0. The molecule has 9 rings (SSSR count). The van der Waals surface area contributed by atoms with Crippen molar-refractivity contribution in [2.45, 2.75) is 84.3 Å². The molecule has 4 atom stereocenters. The molecule has 0 spiro atoms. The first-order valence-corrected chi connectivity index (χ1v) is 24.3. The van der Waals surface area contributed by atoms with Crippen molar-refractivity contribution < 1.29 is 47.7 Å². The van der Waals surface area contributed by atoms with Gasteiger partial charge in [0.1, 0.15) is 5.75 Å². The standard InChI is InChI=1S/C56H58N6O10/c1-7-8-10-52(64)60-53(32(2)3)46(63)20-34(5)54(65)59-39-14-11-35(12-15-39)37-21-40-27-57-44-25-48(33(4)19-42(44)55(66)61(40)29-37)69-17-9-18-70-51-26-45-43(24-49(51)68-6)56(67)62-30-38(22-41(62)28-58-45)36-13-16-47-50(23-36)72-31-71-47/h7,11-16,19,23-30,32,34,40-41,53H,1,8-10,17-18,20-22,31H2,2-6H3,(H,59,65)(H,60,64)/t34-,40+,41+,53+/m1/s1. The fourth-order valence-electron chi connectivity index (χ4n) is 9.33. The predicted octanol–water partition coefficient (Wildman–Crippen LogP) is 9.16. The Hall–Kier alpha value is -8.01. The van der Waals surface area contributed by atoms with Crippen LogP contribution in [0.15, 0.2) is 102 Å². The van der Waals surface area contributed by atoms with Crippen LogP contribution >= 0.6 is 0 Å². The largest absolute Gasteiger partial charge is 0.493 e. The number of fused-ring (bicyclic) bond motifs is 5. The van der Waals surface area contributed by atoms with Crippen molar-refractivity contribution in [1.82, 2.24) is 15.1 Å². The fraction of sp³-hybridized carbons (Fsp3) is 0.339. The van der Waals surface area contributed by atoms with Crippen LogP contribution in [-0.2, 0) is 14.4 Å². The SMILES string of the molecule is C=CCCC(=O)N[C@H](C(=O)C[C@@H](C)C(=O)Nc1ccc(C2=CN3C(=O)c4cc(C)c(OCCCOc5cc6c(cc5OC)C(=O)N5C=C(c7ccc8c(c7)OCO8)C[C@H]5C=N6)cc4N=C[C@@H]3C2)cc1)C(C)C. The zero-order valence-corrected chi connectivity index (χ0v) is 41.1.